The first kappa shape index (κ1) is 58.5. The molecule has 12 heteroatoms. The van der Waals surface area contributed by atoms with Crippen LogP contribution in [0.1, 0.15) is 44.5 Å². The monoisotopic (exact) mass is 1340 g/mol. The molecule has 0 atom stereocenters. The van der Waals surface area contributed by atoms with Crippen LogP contribution in [0.15, 0.2) is 341 Å². The third kappa shape index (κ3) is 10.2. The first-order valence-electron chi connectivity index (χ1n) is 30.6. The van der Waals surface area contributed by atoms with Crippen LogP contribution in [0.3, 0.4) is 0 Å². The fourth-order valence-electron chi connectivity index (χ4n) is 13.9. The highest BCUT2D eigenvalue weighted by molar-refractivity contribution is 8.05. The Balaban J connectivity index is 0.965. The van der Waals surface area contributed by atoms with Gasteiger partial charge in [-0.15, -0.1) is 0 Å². The van der Waals surface area contributed by atoms with Crippen LogP contribution in [0.25, 0.3) is 0 Å². The van der Waals surface area contributed by atoms with Gasteiger partial charge in [-0.05, 0) is 97.1 Å². The Bertz CT molecular complexity index is 4070. The molecular formula is C80H60O4S8+4. The van der Waals surface area contributed by atoms with E-state index in [-0.39, 0.29) is 0 Å². The van der Waals surface area contributed by atoms with Gasteiger partial charge in [0.25, 0.3) is 0 Å². The predicted octanol–water partition coefficient (Wildman–Crippen LogP) is 20.6. The largest absolute Gasteiger partial charge is 0.496 e. The molecule has 0 fully saturated rings. The summed E-state index contributed by atoms with van der Waals surface area (Å²) >= 11 is 7.50. The van der Waals surface area contributed by atoms with Crippen LogP contribution < -0.4 is 18.9 Å². The van der Waals surface area contributed by atoms with Crippen molar-refractivity contribution in [1.29, 1.82) is 0 Å². The van der Waals surface area contributed by atoms with E-state index in [2.05, 4.69) is 243 Å². The van der Waals surface area contributed by atoms with Crippen LogP contribution in [0, 0.1) is 0 Å². The minimum Gasteiger partial charge on any atom is -0.496 e. The topological polar surface area (TPSA) is 36.9 Å². The van der Waals surface area contributed by atoms with Crippen LogP contribution in [-0.4, -0.2) is 28.4 Å². The van der Waals surface area contributed by atoms with Crippen molar-refractivity contribution in [2.75, 3.05) is 28.4 Å². The summed E-state index contributed by atoms with van der Waals surface area (Å²) in [4.78, 5) is 26.0. The van der Waals surface area contributed by atoms with E-state index in [1.807, 2.05) is 75.5 Å². The summed E-state index contributed by atoms with van der Waals surface area (Å²) < 4.78 is 27.8. The van der Waals surface area contributed by atoms with Crippen LogP contribution in [0.5, 0.6) is 23.0 Å². The van der Waals surface area contributed by atoms with Gasteiger partial charge in [0, 0.05) is 119 Å². The number of fused-ring (bicyclic) bond motifs is 16. The fourth-order valence-corrected chi connectivity index (χ4v) is 29.3. The van der Waals surface area contributed by atoms with Crippen LogP contribution in [0.2, 0.25) is 0 Å². The lowest BCUT2D eigenvalue weighted by molar-refractivity contribution is 0.395. The molecule has 0 saturated carbocycles. The Kier molecular flexibility index (Phi) is 15.6. The first-order valence-corrected chi connectivity index (χ1v) is 38.8. The number of methoxy groups -OCH3 is 4. The Hall–Kier alpha value is -7.36. The molecule has 92 heavy (non-hydrogen) atoms. The number of hydrogen-bond donors (Lipinski definition) is 0. The standard InChI is InChI=1S/C80H60O4S8/c1-81-77-49-37-51-43-58(90-71-31-15-7-23-63(71)86-64-24-8-16-32-72(64)90)45-53(78(51)82-2)39-55-47-60(92-75-35-19-11-27-67(75)88-68-28-12-20-36-76(68)92)48-56(80(55)84-4)40-54-46-59(91-73-33-17-9-25-65(73)87-66-26-10-18-34-74(66)91)44-52(79(54)83-3)38-50(77)42-57(41-49)89-69-29-13-5-21-61(69)85-62-22-6-14-30-70(62)89/h5-36,41-48H,37-40H2,1-4H3/q+4. The van der Waals surface area contributed by atoms with Crippen molar-refractivity contribution in [3.63, 3.8) is 0 Å². The maximum atomic E-state index is 6.96. The van der Waals surface area contributed by atoms with Gasteiger partial charge in [-0.25, -0.2) is 0 Å². The highest BCUT2D eigenvalue weighted by atomic mass is 32.2. The maximum Gasteiger partial charge on any atom is 0.180 e. The molecule has 0 unspecified atom stereocenters. The van der Waals surface area contributed by atoms with Gasteiger partial charge in [0.05, 0.1) is 67.6 Å². The van der Waals surface area contributed by atoms with E-state index in [1.165, 1.54) is 97.9 Å². The third-order valence-corrected chi connectivity index (χ3v) is 32.4. The second-order valence-corrected chi connectivity index (χ2v) is 35.2. The highest BCUT2D eigenvalue weighted by Crippen LogP contribution is 2.55. The second-order valence-electron chi connectivity index (χ2n) is 23.0. The molecule has 0 radical (unpaired) electrons. The maximum absolute atomic E-state index is 6.96. The van der Waals surface area contributed by atoms with Crippen molar-refractivity contribution in [2.24, 2.45) is 0 Å². The molecule has 5 aliphatic rings. The van der Waals surface area contributed by atoms with Gasteiger partial charge >= 0.3 is 0 Å². The first-order chi connectivity index (χ1) is 45.4. The summed E-state index contributed by atoms with van der Waals surface area (Å²) in [5.41, 5.74) is 8.87. The summed E-state index contributed by atoms with van der Waals surface area (Å²) in [6.45, 7) is 0. The molecule has 0 N–H and O–H groups in total. The molecule has 12 aromatic rings. The minimum absolute atomic E-state index is 0.456. The Labute approximate surface area is 566 Å². The van der Waals surface area contributed by atoms with Gasteiger partial charge in [0.1, 0.15) is 66.6 Å². The van der Waals surface area contributed by atoms with Gasteiger partial charge < -0.3 is 18.9 Å². The van der Waals surface area contributed by atoms with E-state index in [0.29, 0.717) is 25.7 Å². The summed E-state index contributed by atoms with van der Waals surface area (Å²) in [5, 5.41) is 0. The quantitative estimate of drug-likeness (QED) is 0.139. The van der Waals surface area contributed by atoms with Gasteiger partial charge in [-0.3, -0.25) is 0 Å². The molecule has 4 heterocycles. The van der Waals surface area contributed by atoms with Crippen LogP contribution in [-0.2, 0) is 69.3 Å². The summed E-state index contributed by atoms with van der Waals surface area (Å²) in [5.74, 6) is 3.51. The highest BCUT2D eigenvalue weighted by Gasteiger charge is 2.45. The molecule has 0 amide bonds. The zero-order chi connectivity index (χ0) is 61.6. The van der Waals surface area contributed by atoms with E-state index >= 15 is 0 Å². The number of hydrogen-bond acceptors (Lipinski definition) is 8. The van der Waals surface area contributed by atoms with Crippen molar-refractivity contribution < 1.29 is 18.9 Å². The summed E-state index contributed by atoms with van der Waals surface area (Å²) in [7, 11) is 5.64. The van der Waals surface area contributed by atoms with Gasteiger partial charge in [-0.2, -0.15) is 0 Å². The second kappa shape index (κ2) is 24.5. The van der Waals surface area contributed by atoms with Crippen molar-refractivity contribution in [3.05, 3.63) is 287 Å². The normalized spacial score (nSPS) is 14.7. The van der Waals surface area contributed by atoms with Gasteiger partial charge in [0.15, 0.2) is 58.7 Å². The number of rotatable bonds is 8. The Morgan fingerprint density at radius 1 is 0.217 bits per heavy atom. The molecule has 0 saturated heterocycles. The van der Waals surface area contributed by atoms with Crippen molar-refractivity contribution in [1.82, 2.24) is 0 Å². The zero-order valence-electron chi connectivity index (χ0n) is 50.8. The van der Waals surface area contributed by atoms with Gasteiger partial charge in [-0.1, -0.05) is 144 Å². The lowest BCUT2D eigenvalue weighted by Crippen LogP contribution is -2.15. The molecule has 17 rings (SSSR count). The average molecular weight is 1340 g/mol. The van der Waals surface area contributed by atoms with E-state index in [9.17, 15) is 0 Å². The molecule has 4 nitrogen and oxygen atoms in total. The van der Waals surface area contributed by atoms with E-state index < -0.39 is 43.6 Å². The van der Waals surface area contributed by atoms with E-state index in [0.717, 1.165) is 67.5 Å². The molecule has 8 bridgehead atoms. The zero-order valence-corrected chi connectivity index (χ0v) is 57.4. The van der Waals surface area contributed by atoms with Crippen LogP contribution >= 0.6 is 47.0 Å². The molecule has 0 spiro atoms. The summed E-state index contributed by atoms with van der Waals surface area (Å²) in [6.07, 6.45) is 2.19. The van der Waals surface area contributed by atoms with E-state index in [4.69, 9.17) is 18.9 Å². The average Bonchev–Trinajstić information content (AvgIpc) is 0.801. The Morgan fingerprint density at radius 3 is 0.500 bits per heavy atom. The number of ether oxygens (including phenoxy) is 4. The lowest BCUT2D eigenvalue weighted by atomic mass is 9.91. The molecule has 448 valence electrons. The van der Waals surface area contributed by atoms with Crippen molar-refractivity contribution in [2.45, 2.75) is 124 Å². The molecule has 1 aliphatic carbocycles. The van der Waals surface area contributed by atoms with Crippen LogP contribution in [0.4, 0.5) is 0 Å². The van der Waals surface area contributed by atoms with Gasteiger partial charge in [0.2, 0.25) is 0 Å². The molecular weight excluding hydrogens is 1280 g/mol. The third-order valence-electron chi connectivity index (χ3n) is 17.6. The van der Waals surface area contributed by atoms with Crippen molar-refractivity contribution in [3.8, 4) is 23.0 Å². The Morgan fingerprint density at radius 2 is 0.359 bits per heavy atom. The smallest absolute Gasteiger partial charge is 0.180 e. The van der Waals surface area contributed by atoms with Crippen molar-refractivity contribution >= 4 is 90.6 Å². The lowest BCUT2D eigenvalue weighted by Gasteiger charge is -2.25. The molecule has 0 aromatic heterocycles. The SMILES string of the molecule is COc1c2cc([S+]3c4ccccc4Sc4ccccc43)cc1Cc1cc([S+]3c4ccccc4Sc4ccccc43)cc(c1OC)Cc1cc([S+]3c4ccccc4Sc4ccccc43)cc(c1OC)Cc1cc([S+]3c4ccccc4Sc4ccccc43)cc(c1OC)C2. The molecule has 4 aliphatic heterocycles. The summed E-state index contributed by atoms with van der Waals surface area (Å²) in [6, 6.07) is 92.0. The number of benzene rings is 12. The van der Waals surface area contributed by atoms with E-state index in [1.54, 1.807) is 0 Å². The minimum atomic E-state index is -0.456. The predicted molar refractivity (Wildman–Crippen MR) is 380 cm³/mol. The molecule has 12 aromatic carbocycles. The fraction of sp³-hybridized carbons (Fsp3) is 0.100.